The summed E-state index contributed by atoms with van der Waals surface area (Å²) in [6, 6.07) is 10.9. The van der Waals surface area contributed by atoms with Gasteiger partial charge in [0.05, 0.1) is 0 Å². The van der Waals surface area contributed by atoms with Crippen molar-refractivity contribution in [3.8, 4) is 0 Å². The lowest BCUT2D eigenvalue weighted by atomic mass is 9.90. The molecule has 1 saturated heterocycles. The third-order valence-electron chi connectivity index (χ3n) is 3.93. The van der Waals surface area contributed by atoms with Crippen molar-refractivity contribution >= 4 is 0 Å². The lowest BCUT2D eigenvalue weighted by molar-refractivity contribution is 0.179. The zero-order chi connectivity index (χ0) is 11.9. The Morgan fingerprint density at radius 3 is 2.47 bits per heavy atom. The number of benzene rings is 1. The average Bonchev–Trinajstić information content (AvgIpc) is 2.40. The first kappa shape index (κ1) is 12.6. The summed E-state index contributed by atoms with van der Waals surface area (Å²) in [7, 11) is 0. The normalized spacial score (nSPS) is 18.4. The van der Waals surface area contributed by atoms with E-state index in [-0.39, 0.29) is 0 Å². The molecule has 1 heteroatoms. The topological polar surface area (TPSA) is 3.24 Å². The molecular weight excluding hydrogens is 206 g/mol. The molecule has 0 bridgehead atoms. The third-order valence-corrected chi connectivity index (χ3v) is 3.93. The summed E-state index contributed by atoms with van der Waals surface area (Å²) in [5.41, 5.74) is 1.50. The summed E-state index contributed by atoms with van der Waals surface area (Å²) in [4.78, 5) is 2.62. The van der Waals surface area contributed by atoms with Crippen molar-refractivity contribution in [1.29, 1.82) is 0 Å². The Labute approximate surface area is 106 Å². The molecule has 1 aliphatic heterocycles. The van der Waals surface area contributed by atoms with Crippen LogP contribution in [-0.2, 0) is 6.42 Å². The van der Waals surface area contributed by atoms with Gasteiger partial charge in [-0.2, -0.15) is 0 Å². The third kappa shape index (κ3) is 4.16. The number of nitrogens with zero attached hydrogens (tertiary/aromatic N) is 1. The van der Waals surface area contributed by atoms with Gasteiger partial charge in [0.2, 0.25) is 0 Å². The first-order chi connectivity index (χ1) is 8.38. The number of piperidine rings is 1. The maximum Gasteiger partial charge on any atom is -0.00161 e. The molecule has 1 nitrogen and oxygen atoms in total. The molecule has 94 valence electrons. The molecule has 0 N–H and O–H groups in total. The van der Waals surface area contributed by atoms with Crippen LogP contribution in [0.25, 0.3) is 0 Å². The van der Waals surface area contributed by atoms with Gasteiger partial charge in [-0.3, -0.25) is 0 Å². The maximum absolute atomic E-state index is 2.62. The Hall–Kier alpha value is -0.820. The van der Waals surface area contributed by atoms with Gasteiger partial charge in [-0.25, -0.2) is 0 Å². The van der Waals surface area contributed by atoms with Crippen LogP contribution in [0.15, 0.2) is 30.3 Å². The fourth-order valence-corrected chi connectivity index (χ4v) is 2.83. The van der Waals surface area contributed by atoms with Crippen molar-refractivity contribution in [3.05, 3.63) is 35.9 Å². The lowest BCUT2D eigenvalue weighted by Gasteiger charge is -2.31. The Morgan fingerprint density at radius 1 is 1.12 bits per heavy atom. The minimum absolute atomic E-state index is 0.961. The molecule has 2 rings (SSSR count). The van der Waals surface area contributed by atoms with Gasteiger partial charge < -0.3 is 4.90 Å². The number of hydrogen-bond acceptors (Lipinski definition) is 1. The van der Waals surface area contributed by atoms with Gasteiger partial charge >= 0.3 is 0 Å². The summed E-state index contributed by atoms with van der Waals surface area (Å²) >= 11 is 0. The summed E-state index contributed by atoms with van der Waals surface area (Å²) in [6.07, 6.45) is 6.76. The van der Waals surface area contributed by atoms with E-state index in [4.69, 9.17) is 0 Å². The molecule has 1 aromatic carbocycles. The molecule has 1 aliphatic rings. The Kier molecular flexibility index (Phi) is 5.06. The van der Waals surface area contributed by atoms with E-state index < -0.39 is 0 Å². The van der Waals surface area contributed by atoms with Crippen molar-refractivity contribution in [1.82, 2.24) is 4.90 Å². The molecule has 0 atom stereocenters. The van der Waals surface area contributed by atoms with E-state index in [1.54, 1.807) is 0 Å². The van der Waals surface area contributed by atoms with Crippen molar-refractivity contribution < 1.29 is 0 Å². The van der Waals surface area contributed by atoms with Crippen LogP contribution in [-0.4, -0.2) is 24.5 Å². The van der Waals surface area contributed by atoms with Crippen LogP contribution in [0.2, 0.25) is 0 Å². The summed E-state index contributed by atoms with van der Waals surface area (Å²) in [5.74, 6) is 0.961. The van der Waals surface area contributed by atoms with E-state index in [9.17, 15) is 0 Å². The van der Waals surface area contributed by atoms with Crippen molar-refractivity contribution in [3.63, 3.8) is 0 Å². The molecule has 0 aromatic heterocycles. The lowest BCUT2D eigenvalue weighted by Crippen LogP contribution is -2.34. The summed E-state index contributed by atoms with van der Waals surface area (Å²) in [5, 5.41) is 0. The van der Waals surface area contributed by atoms with Gasteiger partial charge in [0.15, 0.2) is 0 Å². The number of rotatable bonds is 5. The van der Waals surface area contributed by atoms with Gasteiger partial charge in [-0.15, -0.1) is 0 Å². The second-order valence-electron chi connectivity index (χ2n) is 5.31. The number of aryl methyl sites for hydroxylation is 1. The highest BCUT2D eigenvalue weighted by Gasteiger charge is 2.17. The summed E-state index contributed by atoms with van der Waals surface area (Å²) in [6.45, 7) is 6.23. The van der Waals surface area contributed by atoms with Gasteiger partial charge in [0, 0.05) is 0 Å². The number of likely N-dealkylation sites (tertiary alicyclic amines) is 1. The van der Waals surface area contributed by atoms with Crippen LogP contribution in [0.4, 0.5) is 0 Å². The zero-order valence-corrected chi connectivity index (χ0v) is 11.1. The minimum Gasteiger partial charge on any atom is -0.303 e. The highest BCUT2D eigenvalue weighted by molar-refractivity contribution is 5.14. The van der Waals surface area contributed by atoms with Crippen LogP contribution in [0, 0.1) is 5.92 Å². The van der Waals surface area contributed by atoms with E-state index >= 15 is 0 Å². The second kappa shape index (κ2) is 6.80. The van der Waals surface area contributed by atoms with Crippen LogP contribution in [0.3, 0.4) is 0 Å². The van der Waals surface area contributed by atoms with E-state index in [0.717, 1.165) is 5.92 Å². The molecule has 0 aliphatic carbocycles. The first-order valence-corrected chi connectivity index (χ1v) is 7.14. The van der Waals surface area contributed by atoms with Gasteiger partial charge in [0.25, 0.3) is 0 Å². The minimum atomic E-state index is 0.961. The molecule has 1 heterocycles. The Morgan fingerprint density at radius 2 is 1.82 bits per heavy atom. The zero-order valence-electron chi connectivity index (χ0n) is 11.1. The predicted molar refractivity (Wildman–Crippen MR) is 74.2 cm³/mol. The predicted octanol–water partition coefficient (Wildman–Crippen LogP) is 3.74. The van der Waals surface area contributed by atoms with Crippen LogP contribution in [0.1, 0.15) is 38.2 Å². The van der Waals surface area contributed by atoms with Crippen LogP contribution in [0.5, 0.6) is 0 Å². The number of hydrogen-bond donors (Lipinski definition) is 0. The molecule has 17 heavy (non-hydrogen) atoms. The van der Waals surface area contributed by atoms with Crippen molar-refractivity contribution in [2.75, 3.05) is 19.6 Å². The van der Waals surface area contributed by atoms with Crippen LogP contribution < -0.4 is 0 Å². The maximum atomic E-state index is 2.62. The summed E-state index contributed by atoms with van der Waals surface area (Å²) < 4.78 is 0. The fourth-order valence-electron chi connectivity index (χ4n) is 2.83. The van der Waals surface area contributed by atoms with Crippen LogP contribution >= 0.6 is 0 Å². The van der Waals surface area contributed by atoms with Crippen molar-refractivity contribution in [2.24, 2.45) is 5.92 Å². The van der Waals surface area contributed by atoms with E-state index in [2.05, 4.69) is 42.2 Å². The Bertz CT molecular complexity index is 299. The average molecular weight is 231 g/mol. The largest absolute Gasteiger partial charge is 0.303 e. The fraction of sp³-hybridized carbons (Fsp3) is 0.625. The van der Waals surface area contributed by atoms with Gasteiger partial charge in [0.1, 0.15) is 0 Å². The molecule has 0 spiro atoms. The molecule has 0 amide bonds. The highest BCUT2D eigenvalue weighted by Crippen LogP contribution is 2.22. The molecular formula is C16H25N. The SMILES string of the molecule is CCCN1CCC(CCc2ccccc2)CC1. The van der Waals surface area contributed by atoms with Gasteiger partial charge in [-0.05, 0) is 63.2 Å². The van der Waals surface area contributed by atoms with Crippen molar-refractivity contribution in [2.45, 2.75) is 39.0 Å². The van der Waals surface area contributed by atoms with E-state index in [1.165, 1.54) is 57.3 Å². The molecule has 0 radical (unpaired) electrons. The first-order valence-electron chi connectivity index (χ1n) is 7.14. The second-order valence-corrected chi connectivity index (χ2v) is 5.31. The van der Waals surface area contributed by atoms with Gasteiger partial charge in [-0.1, -0.05) is 37.3 Å². The van der Waals surface area contributed by atoms with E-state index in [0.29, 0.717) is 0 Å². The molecule has 0 saturated carbocycles. The monoisotopic (exact) mass is 231 g/mol. The quantitative estimate of drug-likeness (QED) is 0.746. The Balaban J connectivity index is 1.68. The molecule has 0 unspecified atom stereocenters. The standard InChI is InChI=1S/C16H25N/c1-2-12-17-13-10-16(11-14-17)9-8-15-6-4-3-5-7-15/h3-7,16H,2,8-14H2,1H3. The van der Waals surface area contributed by atoms with E-state index in [1.807, 2.05) is 0 Å². The smallest absolute Gasteiger partial charge is 0.00161 e. The molecule has 1 fully saturated rings. The molecule has 1 aromatic rings. The highest BCUT2D eigenvalue weighted by atomic mass is 15.1.